The van der Waals surface area contributed by atoms with E-state index in [-0.39, 0.29) is 5.56 Å². The summed E-state index contributed by atoms with van der Waals surface area (Å²) in [5.41, 5.74) is 6.74. The second-order valence-corrected chi connectivity index (χ2v) is 3.65. The number of hydrogen-bond acceptors (Lipinski definition) is 3. The van der Waals surface area contributed by atoms with Crippen LogP contribution < -0.4 is 16.0 Å². The third-order valence-corrected chi connectivity index (χ3v) is 2.59. The molecule has 0 aliphatic rings. The van der Waals surface area contributed by atoms with Gasteiger partial charge in [-0.25, -0.2) is 4.68 Å². The maximum Gasteiger partial charge on any atom is 0.274 e. The van der Waals surface area contributed by atoms with Crippen LogP contribution in [0.2, 0.25) is 0 Å². The number of aromatic nitrogens is 2. The molecule has 17 heavy (non-hydrogen) atoms. The number of ether oxygens (including phenoxy) is 1. The average Bonchev–Trinajstić information content (AvgIpc) is 2.72. The quantitative estimate of drug-likeness (QED) is 0.815. The van der Waals surface area contributed by atoms with E-state index in [0.717, 1.165) is 0 Å². The Morgan fingerprint density at radius 1 is 1.41 bits per heavy atom. The van der Waals surface area contributed by atoms with E-state index in [2.05, 4.69) is 5.10 Å². The lowest BCUT2D eigenvalue weighted by Crippen LogP contribution is -2.19. The van der Waals surface area contributed by atoms with Crippen molar-refractivity contribution in [3.8, 4) is 11.4 Å². The van der Waals surface area contributed by atoms with E-state index in [1.165, 1.54) is 4.68 Å². The van der Waals surface area contributed by atoms with Crippen molar-refractivity contribution in [3.63, 3.8) is 0 Å². The molecule has 0 fully saturated rings. The number of hydrogen-bond donors (Lipinski definition) is 2. The lowest BCUT2D eigenvalue weighted by molar-refractivity contribution is 0.411. The number of benzene rings is 1. The van der Waals surface area contributed by atoms with E-state index in [1.54, 1.807) is 13.3 Å². The molecule has 90 valence electrons. The van der Waals surface area contributed by atoms with Crippen LogP contribution in [0.1, 0.15) is 5.56 Å². The molecule has 1 aromatic carbocycles. The summed E-state index contributed by atoms with van der Waals surface area (Å²) in [4.78, 5) is 12.0. The van der Waals surface area contributed by atoms with E-state index in [1.807, 2.05) is 24.3 Å². The molecule has 0 aliphatic heterocycles. The lowest BCUT2D eigenvalue weighted by Gasteiger charge is -2.07. The Balaban J connectivity index is 2.50. The van der Waals surface area contributed by atoms with Crippen LogP contribution >= 0.6 is 0 Å². The number of aromatic amines is 1. The second kappa shape index (κ2) is 4.88. The first-order valence-corrected chi connectivity index (χ1v) is 5.40. The third kappa shape index (κ3) is 2.09. The van der Waals surface area contributed by atoms with E-state index in [0.29, 0.717) is 30.0 Å². The largest absolute Gasteiger partial charge is 0.494 e. The highest BCUT2D eigenvalue weighted by Crippen LogP contribution is 2.19. The molecule has 0 radical (unpaired) electrons. The van der Waals surface area contributed by atoms with Gasteiger partial charge in [-0.05, 0) is 25.1 Å². The lowest BCUT2D eigenvalue weighted by atomic mass is 10.2. The molecule has 1 aromatic heterocycles. The molecule has 0 saturated heterocycles. The monoisotopic (exact) mass is 233 g/mol. The van der Waals surface area contributed by atoms with Crippen LogP contribution in [0.15, 0.2) is 35.3 Å². The minimum absolute atomic E-state index is 0.0834. The number of nitrogens with one attached hydrogen (secondary N) is 1. The van der Waals surface area contributed by atoms with Crippen LogP contribution in [-0.2, 0) is 6.42 Å². The van der Waals surface area contributed by atoms with Gasteiger partial charge in [-0.1, -0.05) is 12.1 Å². The van der Waals surface area contributed by atoms with Gasteiger partial charge in [-0.2, -0.15) is 0 Å². The number of methoxy groups -OCH3 is 1. The summed E-state index contributed by atoms with van der Waals surface area (Å²) in [6.45, 7) is 0.457. The topological polar surface area (TPSA) is 73.0 Å². The molecule has 0 saturated carbocycles. The van der Waals surface area contributed by atoms with Crippen LogP contribution in [0.5, 0.6) is 5.75 Å². The van der Waals surface area contributed by atoms with E-state index < -0.39 is 0 Å². The average molecular weight is 233 g/mol. The predicted molar refractivity (Wildman–Crippen MR) is 65.7 cm³/mol. The molecule has 0 spiro atoms. The zero-order chi connectivity index (χ0) is 12.3. The maximum absolute atomic E-state index is 12.0. The molecular formula is C12H15N3O2. The van der Waals surface area contributed by atoms with Crippen LogP contribution in [0.3, 0.4) is 0 Å². The summed E-state index contributed by atoms with van der Waals surface area (Å²) < 4.78 is 6.68. The highest BCUT2D eigenvalue weighted by molar-refractivity contribution is 5.46. The van der Waals surface area contributed by atoms with E-state index >= 15 is 0 Å². The first-order chi connectivity index (χ1) is 8.27. The molecule has 0 bridgehead atoms. The zero-order valence-corrected chi connectivity index (χ0v) is 9.64. The molecule has 0 atom stereocenters. The number of nitrogens with two attached hydrogens (primary N) is 1. The van der Waals surface area contributed by atoms with Gasteiger partial charge in [0.15, 0.2) is 0 Å². The fourth-order valence-electron chi connectivity index (χ4n) is 1.73. The van der Waals surface area contributed by atoms with Crippen molar-refractivity contribution in [2.24, 2.45) is 5.73 Å². The molecule has 0 aliphatic carbocycles. The van der Waals surface area contributed by atoms with Gasteiger partial charge < -0.3 is 10.5 Å². The summed E-state index contributed by atoms with van der Waals surface area (Å²) in [6, 6.07) is 7.35. The van der Waals surface area contributed by atoms with Crippen LogP contribution in [0.4, 0.5) is 0 Å². The van der Waals surface area contributed by atoms with Crippen LogP contribution in [0, 0.1) is 0 Å². The molecule has 1 heterocycles. The molecule has 2 rings (SSSR count). The van der Waals surface area contributed by atoms with Crippen molar-refractivity contribution >= 4 is 0 Å². The Hall–Kier alpha value is -2.01. The van der Waals surface area contributed by atoms with E-state index in [9.17, 15) is 4.79 Å². The van der Waals surface area contributed by atoms with Gasteiger partial charge >= 0.3 is 0 Å². The fraction of sp³-hybridized carbons (Fsp3) is 0.250. The third-order valence-electron chi connectivity index (χ3n) is 2.59. The minimum atomic E-state index is -0.0834. The smallest absolute Gasteiger partial charge is 0.274 e. The number of para-hydroxylation sites is 2. The number of rotatable bonds is 4. The Labute approximate surface area is 98.8 Å². The Morgan fingerprint density at radius 3 is 2.88 bits per heavy atom. The summed E-state index contributed by atoms with van der Waals surface area (Å²) in [7, 11) is 1.58. The van der Waals surface area contributed by atoms with Gasteiger partial charge in [0, 0.05) is 11.8 Å². The van der Waals surface area contributed by atoms with Crippen molar-refractivity contribution in [3.05, 3.63) is 46.4 Å². The summed E-state index contributed by atoms with van der Waals surface area (Å²) in [5, 5.41) is 2.92. The van der Waals surface area contributed by atoms with Gasteiger partial charge in [0.05, 0.1) is 7.11 Å². The molecular weight excluding hydrogens is 218 g/mol. The SMILES string of the molecule is COc1ccccc1-n1[nH]cc(CCN)c1=O. The summed E-state index contributed by atoms with van der Waals surface area (Å²) in [5.74, 6) is 0.649. The van der Waals surface area contributed by atoms with Crippen molar-refractivity contribution in [1.82, 2.24) is 9.78 Å². The van der Waals surface area contributed by atoms with Crippen molar-refractivity contribution < 1.29 is 4.74 Å². The maximum atomic E-state index is 12.0. The molecule has 0 unspecified atom stereocenters. The number of H-pyrrole nitrogens is 1. The van der Waals surface area contributed by atoms with Gasteiger partial charge in [0.1, 0.15) is 11.4 Å². The van der Waals surface area contributed by atoms with Gasteiger partial charge in [-0.15, -0.1) is 0 Å². The first-order valence-electron chi connectivity index (χ1n) is 5.40. The first kappa shape index (κ1) is 11.5. The van der Waals surface area contributed by atoms with Crippen molar-refractivity contribution in [2.45, 2.75) is 6.42 Å². The van der Waals surface area contributed by atoms with Gasteiger partial charge in [-0.3, -0.25) is 9.89 Å². The van der Waals surface area contributed by atoms with Gasteiger partial charge in [0.2, 0.25) is 0 Å². The van der Waals surface area contributed by atoms with Crippen molar-refractivity contribution in [2.75, 3.05) is 13.7 Å². The Kier molecular flexibility index (Phi) is 3.30. The highest BCUT2D eigenvalue weighted by atomic mass is 16.5. The van der Waals surface area contributed by atoms with Crippen LogP contribution in [0.25, 0.3) is 5.69 Å². The predicted octanol–water partition coefficient (Wildman–Crippen LogP) is 0.675. The molecule has 5 heteroatoms. The molecule has 2 aromatic rings. The fourth-order valence-corrected chi connectivity index (χ4v) is 1.73. The Bertz CT molecular complexity index is 557. The molecule has 3 N–H and O–H groups in total. The molecule has 5 nitrogen and oxygen atoms in total. The summed E-state index contributed by atoms with van der Waals surface area (Å²) >= 11 is 0. The minimum Gasteiger partial charge on any atom is -0.494 e. The van der Waals surface area contributed by atoms with Gasteiger partial charge in [0.25, 0.3) is 5.56 Å². The summed E-state index contributed by atoms with van der Waals surface area (Å²) in [6.07, 6.45) is 2.25. The van der Waals surface area contributed by atoms with E-state index in [4.69, 9.17) is 10.5 Å². The normalized spacial score (nSPS) is 10.5. The van der Waals surface area contributed by atoms with Crippen molar-refractivity contribution in [1.29, 1.82) is 0 Å². The second-order valence-electron chi connectivity index (χ2n) is 3.65. The standard InChI is InChI=1S/C12H15N3O2/c1-17-11-5-3-2-4-10(11)15-12(16)9(6-7-13)8-14-15/h2-5,8,14H,6-7,13H2,1H3. The number of nitrogens with zero attached hydrogens (tertiary/aromatic N) is 1. The zero-order valence-electron chi connectivity index (χ0n) is 9.64. The van der Waals surface area contributed by atoms with Crippen LogP contribution in [-0.4, -0.2) is 23.4 Å². The highest BCUT2D eigenvalue weighted by Gasteiger charge is 2.10. The Morgan fingerprint density at radius 2 is 2.18 bits per heavy atom. The molecule has 0 amide bonds.